The average Bonchev–Trinajstić information content (AvgIpc) is 3.22. The summed E-state index contributed by atoms with van der Waals surface area (Å²) in [6.45, 7) is 1.26. The van der Waals surface area contributed by atoms with Crippen molar-refractivity contribution in [3.8, 4) is 0 Å². The Balaban J connectivity index is 1.91. The number of aromatic nitrogens is 4. The first kappa shape index (κ1) is 15.9. The van der Waals surface area contributed by atoms with Gasteiger partial charge < -0.3 is 9.64 Å². The monoisotopic (exact) mass is 333 g/mol. The first-order valence-corrected chi connectivity index (χ1v) is 8.69. The van der Waals surface area contributed by atoms with Gasteiger partial charge in [0.25, 0.3) is 5.91 Å². The maximum atomic E-state index is 13.1. The third kappa shape index (κ3) is 3.37. The Morgan fingerprint density at radius 3 is 3.00 bits per heavy atom. The lowest BCUT2D eigenvalue weighted by Gasteiger charge is -2.25. The number of anilines is 1. The smallest absolute Gasteiger partial charge is 0.262 e. The summed E-state index contributed by atoms with van der Waals surface area (Å²) < 4.78 is 7.41. The van der Waals surface area contributed by atoms with Gasteiger partial charge in [-0.3, -0.25) is 9.48 Å². The second kappa shape index (κ2) is 7.10. The van der Waals surface area contributed by atoms with Gasteiger partial charge in [0.2, 0.25) is 0 Å². The third-order valence-corrected chi connectivity index (χ3v) is 4.71. The summed E-state index contributed by atoms with van der Waals surface area (Å²) in [5.41, 5.74) is 1.31. The SMILES string of the molecule is CSc1c(C(=O)N(CC2CCCO2)c2ccnnc2)cnn1C. The van der Waals surface area contributed by atoms with E-state index in [9.17, 15) is 4.79 Å². The molecule has 0 aromatic carbocycles. The fourth-order valence-corrected chi connectivity index (χ4v) is 3.37. The minimum absolute atomic E-state index is 0.0570. The number of hydrogen-bond donors (Lipinski definition) is 0. The summed E-state index contributed by atoms with van der Waals surface area (Å²) in [6.07, 6.45) is 8.79. The number of carbonyl (C=O) groups excluding carboxylic acids is 1. The van der Waals surface area contributed by atoms with Gasteiger partial charge in [-0.25, -0.2) is 0 Å². The molecule has 23 heavy (non-hydrogen) atoms. The van der Waals surface area contributed by atoms with Gasteiger partial charge in [0.05, 0.1) is 42.5 Å². The number of carbonyl (C=O) groups is 1. The zero-order valence-corrected chi connectivity index (χ0v) is 14.0. The fourth-order valence-electron chi connectivity index (χ4n) is 2.70. The lowest BCUT2D eigenvalue weighted by molar-refractivity contribution is 0.0914. The van der Waals surface area contributed by atoms with Gasteiger partial charge in [0, 0.05) is 13.7 Å². The maximum absolute atomic E-state index is 13.1. The molecule has 3 rings (SSSR count). The number of aryl methyl sites for hydroxylation is 1. The molecule has 1 aliphatic heterocycles. The summed E-state index contributed by atoms with van der Waals surface area (Å²) in [6, 6.07) is 1.79. The summed E-state index contributed by atoms with van der Waals surface area (Å²) in [4.78, 5) is 14.8. The van der Waals surface area contributed by atoms with Crippen LogP contribution in [0.25, 0.3) is 0 Å². The van der Waals surface area contributed by atoms with Crippen LogP contribution < -0.4 is 4.90 Å². The molecule has 0 spiro atoms. The van der Waals surface area contributed by atoms with Crippen LogP contribution in [-0.2, 0) is 11.8 Å². The topological polar surface area (TPSA) is 73.1 Å². The van der Waals surface area contributed by atoms with E-state index >= 15 is 0 Å². The number of thioether (sulfide) groups is 1. The van der Waals surface area contributed by atoms with Gasteiger partial charge in [0.1, 0.15) is 5.03 Å². The first-order chi connectivity index (χ1) is 11.2. The molecule has 0 aliphatic carbocycles. The Kier molecular flexibility index (Phi) is 4.92. The predicted octanol–water partition coefficient (Wildman–Crippen LogP) is 1.76. The number of amides is 1. The molecule has 3 heterocycles. The van der Waals surface area contributed by atoms with Crippen LogP contribution in [0.3, 0.4) is 0 Å². The van der Waals surface area contributed by atoms with Gasteiger partial charge >= 0.3 is 0 Å². The molecule has 1 saturated heterocycles. The molecule has 122 valence electrons. The molecule has 7 nitrogen and oxygen atoms in total. The van der Waals surface area contributed by atoms with E-state index in [-0.39, 0.29) is 12.0 Å². The maximum Gasteiger partial charge on any atom is 0.262 e. The minimum Gasteiger partial charge on any atom is -0.376 e. The lowest BCUT2D eigenvalue weighted by atomic mass is 10.2. The van der Waals surface area contributed by atoms with Crippen molar-refractivity contribution in [3.05, 3.63) is 30.2 Å². The summed E-state index contributed by atoms with van der Waals surface area (Å²) in [5, 5.41) is 12.7. The Hall–Kier alpha value is -1.93. The molecular weight excluding hydrogens is 314 g/mol. The Morgan fingerprint density at radius 2 is 2.35 bits per heavy atom. The Labute approximate surface area is 139 Å². The molecule has 0 bridgehead atoms. The van der Waals surface area contributed by atoms with E-state index in [0.717, 1.165) is 30.2 Å². The molecule has 1 amide bonds. The molecule has 2 aromatic rings. The van der Waals surface area contributed by atoms with Crippen molar-refractivity contribution in [2.75, 3.05) is 24.3 Å². The molecular formula is C15H19N5O2S. The minimum atomic E-state index is -0.0917. The molecule has 0 N–H and O–H groups in total. The van der Waals surface area contributed by atoms with Gasteiger partial charge in [-0.1, -0.05) is 0 Å². The summed E-state index contributed by atoms with van der Waals surface area (Å²) >= 11 is 1.51. The third-order valence-electron chi connectivity index (χ3n) is 3.84. The molecule has 1 aliphatic rings. The van der Waals surface area contributed by atoms with Crippen molar-refractivity contribution < 1.29 is 9.53 Å². The van der Waals surface area contributed by atoms with Crippen molar-refractivity contribution in [3.63, 3.8) is 0 Å². The molecule has 1 unspecified atom stereocenters. The normalized spacial score (nSPS) is 17.4. The van der Waals surface area contributed by atoms with Gasteiger partial charge in [-0.2, -0.15) is 15.3 Å². The highest BCUT2D eigenvalue weighted by atomic mass is 32.2. The number of rotatable bonds is 5. The van der Waals surface area contributed by atoms with Gasteiger partial charge in [-0.15, -0.1) is 11.8 Å². The lowest BCUT2D eigenvalue weighted by Crippen LogP contribution is -2.37. The number of ether oxygens (including phenoxy) is 1. The zero-order valence-electron chi connectivity index (χ0n) is 13.2. The Morgan fingerprint density at radius 1 is 1.48 bits per heavy atom. The van der Waals surface area contributed by atoms with E-state index in [2.05, 4.69) is 15.3 Å². The molecule has 1 atom stereocenters. The molecule has 0 saturated carbocycles. The van der Waals surface area contributed by atoms with Crippen molar-refractivity contribution in [1.82, 2.24) is 20.0 Å². The van der Waals surface area contributed by atoms with Gasteiger partial charge in [-0.05, 0) is 25.2 Å². The molecule has 0 radical (unpaired) electrons. The van der Waals surface area contributed by atoms with Crippen LogP contribution >= 0.6 is 11.8 Å². The van der Waals surface area contributed by atoms with E-state index in [1.54, 1.807) is 34.2 Å². The van der Waals surface area contributed by atoms with Crippen molar-refractivity contribution in [2.45, 2.75) is 24.0 Å². The van der Waals surface area contributed by atoms with E-state index in [4.69, 9.17) is 4.74 Å². The van der Waals surface area contributed by atoms with E-state index in [0.29, 0.717) is 12.1 Å². The first-order valence-electron chi connectivity index (χ1n) is 7.47. The van der Waals surface area contributed by atoms with Crippen LogP contribution in [0.2, 0.25) is 0 Å². The van der Waals surface area contributed by atoms with Crippen LogP contribution in [0, 0.1) is 0 Å². The standard InChI is InChI=1S/C15H19N5O2S/c1-19-15(23-2)13(9-18-19)14(21)20(10-12-4-3-7-22-12)11-5-6-16-17-8-11/h5-6,8-9,12H,3-4,7,10H2,1-2H3. The predicted molar refractivity (Wildman–Crippen MR) is 87.7 cm³/mol. The highest BCUT2D eigenvalue weighted by Crippen LogP contribution is 2.25. The van der Waals surface area contributed by atoms with Crippen molar-refractivity contribution >= 4 is 23.4 Å². The molecule has 1 fully saturated rings. The number of nitrogens with zero attached hydrogens (tertiary/aromatic N) is 5. The van der Waals surface area contributed by atoms with Crippen LogP contribution in [0.5, 0.6) is 0 Å². The quantitative estimate of drug-likeness (QED) is 0.776. The number of hydrogen-bond acceptors (Lipinski definition) is 6. The van der Waals surface area contributed by atoms with Gasteiger partial charge in [0.15, 0.2) is 0 Å². The van der Waals surface area contributed by atoms with Crippen LogP contribution in [0.15, 0.2) is 29.7 Å². The molecule has 2 aromatic heterocycles. The summed E-state index contributed by atoms with van der Waals surface area (Å²) in [7, 11) is 1.83. The van der Waals surface area contributed by atoms with Crippen molar-refractivity contribution in [1.29, 1.82) is 0 Å². The largest absolute Gasteiger partial charge is 0.376 e. The molecule has 8 heteroatoms. The van der Waals surface area contributed by atoms with Crippen LogP contribution in [0.4, 0.5) is 5.69 Å². The van der Waals surface area contributed by atoms with Crippen LogP contribution in [-0.4, -0.2) is 51.4 Å². The van der Waals surface area contributed by atoms with E-state index in [1.165, 1.54) is 11.8 Å². The Bertz CT molecular complexity index is 670. The van der Waals surface area contributed by atoms with Crippen LogP contribution in [0.1, 0.15) is 23.2 Å². The highest BCUT2D eigenvalue weighted by molar-refractivity contribution is 7.98. The average molecular weight is 333 g/mol. The van der Waals surface area contributed by atoms with E-state index < -0.39 is 0 Å². The second-order valence-electron chi connectivity index (χ2n) is 5.34. The van der Waals surface area contributed by atoms with Crippen molar-refractivity contribution in [2.24, 2.45) is 7.05 Å². The summed E-state index contributed by atoms with van der Waals surface area (Å²) in [5.74, 6) is -0.0917. The highest BCUT2D eigenvalue weighted by Gasteiger charge is 2.27. The van der Waals surface area contributed by atoms with E-state index in [1.807, 2.05) is 13.3 Å². The second-order valence-corrected chi connectivity index (χ2v) is 6.14. The zero-order chi connectivity index (χ0) is 16.2. The fraction of sp³-hybridized carbons (Fsp3) is 0.467.